The summed E-state index contributed by atoms with van der Waals surface area (Å²) < 4.78 is 4.98. The summed E-state index contributed by atoms with van der Waals surface area (Å²) in [5, 5.41) is 0. The molecule has 0 spiro atoms. The molecule has 0 saturated heterocycles. The van der Waals surface area contributed by atoms with Crippen LogP contribution in [0.15, 0.2) is 12.1 Å². The number of ether oxygens (including phenoxy) is 1. The number of fused-ring (bicyclic) bond motifs is 1. The van der Waals surface area contributed by atoms with Gasteiger partial charge in [0.2, 0.25) is 5.91 Å². The summed E-state index contributed by atoms with van der Waals surface area (Å²) in [6, 6.07) is 3.66. The first-order valence-corrected chi connectivity index (χ1v) is 6.70. The Balaban J connectivity index is 0.00000200. The number of anilines is 1. The van der Waals surface area contributed by atoms with Crippen LogP contribution in [0.2, 0.25) is 0 Å². The van der Waals surface area contributed by atoms with Crippen molar-refractivity contribution in [1.82, 2.24) is 0 Å². The molecule has 1 aliphatic heterocycles. The minimum atomic E-state index is -0.586. The Morgan fingerprint density at radius 3 is 2.80 bits per heavy atom. The quantitative estimate of drug-likeness (QED) is 0.928. The molecule has 0 aromatic heterocycles. The Morgan fingerprint density at radius 2 is 2.15 bits per heavy atom. The summed E-state index contributed by atoms with van der Waals surface area (Å²) in [5.74, 6) is -0.0483. The van der Waals surface area contributed by atoms with E-state index in [1.807, 2.05) is 4.90 Å². The fraction of sp³-hybridized carbons (Fsp3) is 0.533. The molecule has 2 rings (SSSR count). The number of carbonyl (C=O) groups is 1. The van der Waals surface area contributed by atoms with E-state index in [9.17, 15) is 4.79 Å². The average Bonchev–Trinajstić information content (AvgIpc) is 2.37. The number of hydrogen-bond donors (Lipinski definition) is 1. The smallest absolute Gasteiger partial charge is 0.246 e. The molecule has 1 aliphatic rings. The molecular weight excluding hydrogens is 276 g/mol. The molecule has 1 heterocycles. The van der Waals surface area contributed by atoms with Crippen molar-refractivity contribution in [2.24, 2.45) is 5.73 Å². The predicted molar refractivity (Wildman–Crippen MR) is 83.7 cm³/mol. The van der Waals surface area contributed by atoms with E-state index in [2.05, 4.69) is 26.0 Å². The van der Waals surface area contributed by atoms with E-state index in [4.69, 9.17) is 10.5 Å². The van der Waals surface area contributed by atoms with Crippen LogP contribution in [0.5, 0.6) is 0 Å². The highest BCUT2D eigenvalue weighted by atomic mass is 35.5. The highest BCUT2D eigenvalue weighted by molar-refractivity contribution is 5.98. The number of amides is 1. The largest absolute Gasteiger partial charge is 0.383 e. The Hall–Kier alpha value is -1.10. The van der Waals surface area contributed by atoms with E-state index in [-0.39, 0.29) is 24.9 Å². The Bertz CT molecular complexity index is 491. The van der Waals surface area contributed by atoms with Crippen molar-refractivity contribution in [1.29, 1.82) is 0 Å². The van der Waals surface area contributed by atoms with E-state index in [0.29, 0.717) is 0 Å². The van der Waals surface area contributed by atoms with Gasteiger partial charge in [0.25, 0.3) is 0 Å². The number of benzene rings is 1. The Labute approximate surface area is 126 Å². The summed E-state index contributed by atoms with van der Waals surface area (Å²) in [5.41, 5.74) is 10.6. The summed E-state index contributed by atoms with van der Waals surface area (Å²) in [6.45, 7) is 5.16. The molecule has 4 nitrogen and oxygen atoms in total. The van der Waals surface area contributed by atoms with Gasteiger partial charge in [0.15, 0.2) is 0 Å². The van der Waals surface area contributed by atoms with Crippen LogP contribution in [0.4, 0.5) is 5.69 Å². The van der Waals surface area contributed by atoms with Gasteiger partial charge in [0, 0.05) is 19.3 Å². The molecule has 1 aromatic rings. The molecule has 20 heavy (non-hydrogen) atoms. The van der Waals surface area contributed by atoms with Gasteiger partial charge in [0.1, 0.15) is 6.04 Å². The van der Waals surface area contributed by atoms with Gasteiger partial charge in [-0.2, -0.15) is 0 Å². The van der Waals surface area contributed by atoms with Crippen LogP contribution in [0.1, 0.15) is 23.1 Å². The van der Waals surface area contributed by atoms with Gasteiger partial charge in [0.05, 0.1) is 6.61 Å². The molecule has 2 N–H and O–H groups in total. The standard InChI is InChI=1S/C15H22N2O2.ClH/c1-10-7-11(2)12-5-4-6-17(14(12)8-10)15(18)13(16)9-19-3;/h7-8,13H,4-6,9,16H2,1-3H3;1H. The molecule has 0 fully saturated rings. The molecule has 0 bridgehead atoms. The lowest BCUT2D eigenvalue weighted by atomic mass is 9.94. The normalized spacial score (nSPS) is 15.3. The molecule has 0 radical (unpaired) electrons. The number of hydrogen-bond acceptors (Lipinski definition) is 3. The maximum atomic E-state index is 12.4. The van der Waals surface area contributed by atoms with Gasteiger partial charge < -0.3 is 15.4 Å². The third-order valence-corrected chi connectivity index (χ3v) is 3.62. The van der Waals surface area contributed by atoms with Crippen molar-refractivity contribution < 1.29 is 9.53 Å². The first kappa shape index (κ1) is 17.0. The number of carbonyl (C=O) groups excluding carboxylic acids is 1. The van der Waals surface area contributed by atoms with Crippen LogP contribution in [0, 0.1) is 13.8 Å². The Morgan fingerprint density at radius 1 is 1.45 bits per heavy atom. The number of nitrogens with zero attached hydrogens (tertiary/aromatic N) is 1. The van der Waals surface area contributed by atoms with E-state index < -0.39 is 6.04 Å². The van der Waals surface area contributed by atoms with Crippen LogP contribution < -0.4 is 10.6 Å². The molecule has 112 valence electrons. The van der Waals surface area contributed by atoms with Crippen molar-refractivity contribution in [2.45, 2.75) is 32.7 Å². The lowest BCUT2D eigenvalue weighted by molar-refractivity contribution is -0.121. The molecule has 1 amide bonds. The number of nitrogens with two attached hydrogens (primary N) is 1. The number of rotatable bonds is 3. The second-order valence-electron chi connectivity index (χ2n) is 5.23. The predicted octanol–water partition coefficient (Wildman–Crippen LogP) is 1.98. The molecule has 1 atom stereocenters. The van der Waals surface area contributed by atoms with Gasteiger partial charge in [-0.1, -0.05) is 6.07 Å². The molecule has 1 unspecified atom stereocenters. The van der Waals surface area contributed by atoms with Crippen molar-refractivity contribution in [3.8, 4) is 0 Å². The van der Waals surface area contributed by atoms with Crippen molar-refractivity contribution in [2.75, 3.05) is 25.2 Å². The van der Waals surface area contributed by atoms with Gasteiger partial charge in [-0.25, -0.2) is 0 Å². The van der Waals surface area contributed by atoms with E-state index >= 15 is 0 Å². The second kappa shape index (κ2) is 7.07. The monoisotopic (exact) mass is 298 g/mol. The van der Waals surface area contributed by atoms with E-state index in [1.54, 1.807) is 7.11 Å². The minimum absolute atomic E-state index is 0. The maximum absolute atomic E-state index is 12.4. The van der Waals surface area contributed by atoms with Gasteiger partial charge in [-0.3, -0.25) is 4.79 Å². The topological polar surface area (TPSA) is 55.6 Å². The molecular formula is C15H23ClN2O2. The molecule has 0 saturated carbocycles. The minimum Gasteiger partial charge on any atom is -0.383 e. The fourth-order valence-corrected chi connectivity index (χ4v) is 2.76. The first-order chi connectivity index (χ1) is 9.04. The third-order valence-electron chi connectivity index (χ3n) is 3.62. The van der Waals surface area contributed by atoms with Crippen molar-refractivity contribution in [3.63, 3.8) is 0 Å². The lowest BCUT2D eigenvalue weighted by Crippen LogP contribution is -2.48. The summed E-state index contributed by atoms with van der Waals surface area (Å²) in [4.78, 5) is 14.2. The van der Waals surface area contributed by atoms with Gasteiger partial charge >= 0.3 is 0 Å². The highest BCUT2D eigenvalue weighted by Gasteiger charge is 2.27. The summed E-state index contributed by atoms with van der Waals surface area (Å²) in [6.07, 6.45) is 2.02. The lowest BCUT2D eigenvalue weighted by Gasteiger charge is -2.32. The number of halogens is 1. The zero-order valence-corrected chi connectivity index (χ0v) is 13.1. The SMILES string of the molecule is COCC(N)C(=O)N1CCCc2c(C)cc(C)cc21.Cl. The second-order valence-corrected chi connectivity index (χ2v) is 5.23. The van der Waals surface area contributed by atoms with E-state index in [0.717, 1.165) is 25.1 Å². The fourth-order valence-electron chi connectivity index (χ4n) is 2.76. The van der Waals surface area contributed by atoms with E-state index in [1.165, 1.54) is 16.7 Å². The molecule has 0 aliphatic carbocycles. The summed E-state index contributed by atoms with van der Waals surface area (Å²) in [7, 11) is 1.56. The van der Waals surface area contributed by atoms with Gasteiger partial charge in [-0.05, 0) is 49.4 Å². The number of aryl methyl sites for hydroxylation is 2. The van der Waals surface area contributed by atoms with Crippen molar-refractivity contribution >= 4 is 24.0 Å². The zero-order chi connectivity index (χ0) is 14.0. The maximum Gasteiger partial charge on any atom is 0.246 e. The van der Waals surface area contributed by atoms with Crippen LogP contribution in [-0.4, -0.2) is 32.2 Å². The van der Waals surface area contributed by atoms with Crippen LogP contribution in [-0.2, 0) is 16.0 Å². The first-order valence-electron chi connectivity index (χ1n) is 6.70. The van der Waals surface area contributed by atoms with Crippen molar-refractivity contribution in [3.05, 3.63) is 28.8 Å². The molecule has 1 aromatic carbocycles. The van der Waals surface area contributed by atoms with Crippen LogP contribution in [0.25, 0.3) is 0 Å². The Kier molecular flexibility index (Phi) is 5.99. The van der Waals surface area contributed by atoms with Crippen LogP contribution in [0.3, 0.4) is 0 Å². The summed E-state index contributed by atoms with van der Waals surface area (Å²) >= 11 is 0. The molecule has 5 heteroatoms. The third kappa shape index (κ3) is 3.32. The highest BCUT2D eigenvalue weighted by Crippen LogP contribution is 2.31. The van der Waals surface area contributed by atoms with Crippen LogP contribution >= 0.6 is 12.4 Å². The number of methoxy groups -OCH3 is 1. The zero-order valence-electron chi connectivity index (χ0n) is 12.3. The average molecular weight is 299 g/mol. The van der Waals surface area contributed by atoms with Gasteiger partial charge in [-0.15, -0.1) is 12.4 Å².